The van der Waals surface area contributed by atoms with Gasteiger partial charge in [0, 0.05) is 36.6 Å². The van der Waals surface area contributed by atoms with Crippen molar-refractivity contribution in [2.24, 2.45) is 0 Å². The molecule has 2 amide bonds. The first-order chi connectivity index (χ1) is 10.2. The monoisotopic (exact) mass is 281 g/mol. The number of rotatable bonds is 3. The van der Waals surface area contributed by atoms with Crippen LogP contribution < -0.4 is 10.6 Å². The Bertz CT molecular complexity index is 683. The molecule has 5 nitrogen and oxygen atoms in total. The number of carbonyl (C=O) groups is 2. The second-order valence-electron chi connectivity index (χ2n) is 4.96. The van der Waals surface area contributed by atoms with E-state index >= 15 is 0 Å². The SMILES string of the molecule is O=C1CCc2cc(C(=O)NCc3ccncc3)ccc2N1. The molecule has 2 N–H and O–H groups in total. The molecule has 1 aliphatic heterocycles. The average Bonchev–Trinajstić information content (AvgIpc) is 2.53. The van der Waals surface area contributed by atoms with Gasteiger partial charge in [0.2, 0.25) is 5.91 Å². The van der Waals surface area contributed by atoms with Crippen LogP contribution in [-0.4, -0.2) is 16.8 Å². The summed E-state index contributed by atoms with van der Waals surface area (Å²) in [5.74, 6) is -0.0936. The molecule has 0 saturated carbocycles. The standard InChI is InChI=1S/C16H15N3O2/c20-15-4-2-12-9-13(1-3-14(12)19-15)16(21)18-10-11-5-7-17-8-6-11/h1,3,5-9H,2,4,10H2,(H,18,21)(H,19,20). The lowest BCUT2D eigenvalue weighted by molar-refractivity contribution is -0.116. The van der Waals surface area contributed by atoms with Crippen LogP contribution >= 0.6 is 0 Å². The van der Waals surface area contributed by atoms with Crippen LogP contribution in [0, 0.1) is 0 Å². The maximum atomic E-state index is 12.2. The number of amides is 2. The smallest absolute Gasteiger partial charge is 0.251 e. The first kappa shape index (κ1) is 13.3. The molecule has 21 heavy (non-hydrogen) atoms. The van der Waals surface area contributed by atoms with Gasteiger partial charge in [-0.25, -0.2) is 0 Å². The van der Waals surface area contributed by atoms with Crippen LogP contribution in [0.5, 0.6) is 0 Å². The van der Waals surface area contributed by atoms with Crippen molar-refractivity contribution >= 4 is 17.5 Å². The minimum atomic E-state index is -0.119. The fourth-order valence-corrected chi connectivity index (χ4v) is 2.31. The van der Waals surface area contributed by atoms with Gasteiger partial charge in [-0.05, 0) is 47.9 Å². The highest BCUT2D eigenvalue weighted by Crippen LogP contribution is 2.23. The number of aromatic nitrogens is 1. The molecule has 2 aromatic rings. The van der Waals surface area contributed by atoms with Crippen LogP contribution in [0.25, 0.3) is 0 Å². The molecule has 1 aromatic heterocycles. The van der Waals surface area contributed by atoms with E-state index in [1.54, 1.807) is 24.5 Å². The summed E-state index contributed by atoms with van der Waals surface area (Å²) < 4.78 is 0. The van der Waals surface area contributed by atoms with Crippen molar-refractivity contribution in [3.05, 3.63) is 59.4 Å². The maximum absolute atomic E-state index is 12.2. The molecular formula is C16H15N3O2. The molecule has 0 atom stereocenters. The third-order valence-corrected chi connectivity index (χ3v) is 3.47. The molecule has 0 bridgehead atoms. The molecule has 0 fully saturated rings. The topological polar surface area (TPSA) is 71.1 Å². The van der Waals surface area contributed by atoms with Crippen molar-refractivity contribution in [1.29, 1.82) is 0 Å². The minimum Gasteiger partial charge on any atom is -0.348 e. The highest BCUT2D eigenvalue weighted by atomic mass is 16.2. The number of benzene rings is 1. The van der Waals surface area contributed by atoms with Gasteiger partial charge in [-0.15, -0.1) is 0 Å². The molecule has 3 rings (SSSR count). The summed E-state index contributed by atoms with van der Waals surface area (Å²) in [4.78, 5) is 27.4. The third kappa shape index (κ3) is 3.08. The molecule has 0 unspecified atom stereocenters. The minimum absolute atomic E-state index is 0.0254. The fraction of sp³-hybridized carbons (Fsp3) is 0.188. The van der Waals surface area contributed by atoms with Crippen LogP contribution in [-0.2, 0) is 17.8 Å². The molecule has 1 aromatic carbocycles. The molecule has 2 heterocycles. The number of nitrogens with one attached hydrogen (secondary N) is 2. The summed E-state index contributed by atoms with van der Waals surface area (Å²) >= 11 is 0. The first-order valence-electron chi connectivity index (χ1n) is 6.82. The Kier molecular flexibility index (Phi) is 3.64. The van der Waals surface area contributed by atoms with Crippen molar-refractivity contribution in [3.63, 3.8) is 0 Å². The van der Waals surface area contributed by atoms with E-state index in [-0.39, 0.29) is 11.8 Å². The Morgan fingerprint density at radius 3 is 2.81 bits per heavy atom. The van der Waals surface area contributed by atoms with Gasteiger partial charge in [-0.3, -0.25) is 14.6 Å². The first-order valence-corrected chi connectivity index (χ1v) is 6.82. The van der Waals surface area contributed by atoms with Gasteiger partial charge in [0.25, 0.3) is 5.91 Å². The van der Waals surface area contributed by atoms with Gasteiger partial charge in [-0.2, -0.15) is 0 Å². The van der Waals surface area contributed by atoms with Crippen LogP contribution in [0.4, 0.5) is 5.69 Å². The van der Waals surface area contributed by atoms with E-state index in [2.05, 4.69) is 15.6 Å². The highest BCUT2D eigenvalue weighted by molar-refractivity contribution is 5.97. The number of hydrogen-bond donors (Lipinski definition) is 2. The number of carbonyl (C=O) groups excluding carboxylic acids is 2. The van der Waals surface area contributed by atoms with Gasteiger partial charge in [0.1, 0.15) is 0 Å². The summed E-state index contributed by atoms with van der Waals surface area (Å²) in [5.41, 5.74) is 3.42. The zero-order chi connectivity index (χ0) is 14.7. The highest BCUT2D eigenvalue weighted by Gasteiger charge is 2.16. The Morgan fingerprint density at radius 1 is 1.19 bits per heavy atom. The van der Waals surface area contributed by atoms with Crippen molar-refractivity contribution in [1.82, 2.24) is 10.3 Å². The number of aryl methyl sites for hydroxylation is 1. The summed E-state index contributed by atoms with van der Waals surface area (Å²) in [6.45, 7) is 0.467. The van der Waals surface area contributed by atoms with Gasteiger partial charge in [0.15, 0.2) is 0 Å². The molecule has 106 valence electrons. The fourth-order valence-electron chi connectivity index (χ4n) is 2.31. The van der Waals surface area contributed by atoms with Crippen molar-refractivity contribution in [3.8, 4) is 0 Å². The van der Waals surface area contributed by atoms with E-state index in [9.17, 15) is 9.59 Å². The number of fused-ring (bicyclic) bond motifs is 1. The number of pyridine rings is 1. The Morgan fingerprint density at radius 2 is 2.00 bits per heavy atom. The molecule has 0 spiro atoms. The van der Waals surface area contributed by atoms with Crippen LogP contribution in [0.3, 0.4) is 0 Å². The number of anilines is 1. The van der Waals surface area contributed by atoms with E-state index in [4.69, 9.17) is 0 Å². The van der Waals surface area contributed by atoms with Gasteiger partial charge in [0.05, 0.1) is 0 Å². The van der Waals surface area contributed by atoms with Gasteiger partial charge >= 0.3 is 0 Å². The second-order valence-corrected chi connectivity index (χ2v) is 4.96. The van der Waals surface area contributed by atoms with Gasteiger partial charge < -0.3 is 10.6 Å². The zero-order valence-electron chi connectivity index (χ0n) is 11.4. The third-order valence-electron chi connectivity index (χ3n) is 3.47. The van der Waals surface area contributed by atoms with E-state index in [1.165, 1.54) is 0 Å². The summed E-state index contributed by atoms with van der Waals surface area (Å²) in [6.07, 6.45) is 4.54. The Balaban J connectivity index is 1.69. The quantitative estimate of drug-likeness (QED) is 0.902. The van der Waals surface area contributed by atoms with Crippen molar-refractivity contribution in [2.45, 2.75) is 19.4 Å². The Labute approximate surface area is 122 Å². The zero-order valence-corrected chi connectivity index (χ0v) is 11.4. The summed E-state index contributed by atoms with van der Waals surface area (Å²) in [5, 5.41) is 5.68. The van der Waals surface area contributed by atoms with Crippen LogP contribution in [0.1, 0.15) is 27.9 Å². The van der Waals surface area contributed by atoms with E-state index in [0.29, 0.717) is 24.9 Å². The lowest BCUT2D eigenvalue weighted by atomic mass is 10.00. The lowest BCUT2D eigenvalue weighted by Gasteiger charge is -2.17. The maximum Gasteiger partial charge on any atom is 0.251 e. The molecule has 0 radical (unpaired) electrons. The molecule has 0 aliphatic carbocycles. The molecular weight excluding hydrogens is 266 g/mol. The number of nitrogens with zero attached hydrogens (tertiary/aromatic N) is 1. The predicted octanol–water partition coefficient (Wildman–Crippen LogP) is 1.90. The predicted molar refractivity (Wildman–Crippen MR) is 78.8 cm³/mol. The van der Waals surface area contributed by atoms with Crippen LogP contribution in [0.15, 0.2) is 42.7 Å². The normalized spacial score (nSPS) is 13.2. The average molecular weight is 281 g/mol. The summed E-state index contributed by atoms with van der Waals surface area (Å²) in [7, 11) is 0. The molecule has 1 aliphatic rings. The van der Waals surface area contributed by atoms with Crippen LogP contribution in [0.2, 0.25) is 0 Å². The summed E-state index contributed by atoms with van der Waals surface area (Å²) in [6, 6.07) is 9.09. The second kappa shape index (κ2) is 5.75. The van der Waals surface area contributed by atoms with E-state index in [1.807, 2.05) is 18.2 Å². The Hall–Kier alpha value is -2.69. The van der Waals surface area contributed by atoms with Crippen molar-refractivity contribution in [2.75, 3.05) is 5.32 Å². The van der Waals surface area contributed by atoms with E-state index in [0.717, 1.165) is 16.8 Å². The van der Waals surface area contributed by atoms with Gasteiger partial charge in [-0.1, -0.05) is 0 Å². The van der Waals surface area contributed by atoms with Crippen molar-refractivity contribution < 1.29 is 9.59 Å². The number of hydrogen-bond acceptors (Lipinski definition) is 3. The van der Waals surface area contributed by atoms with E-state index < -0.39 is 0 Å². The largest absolute Gasteiger partial charge is 0.348 e. The molecule has 5 heteroatoms. The lowest BCUT2D eigenvalue weighted by Crippen LogP contribution is -2.24. The molecule has 0 saturated heterocycles.